The minimum absolute atomic E-state index is 0.0467. The Balaban J connectivity index is 3.68. The third kappa shape index (κ3) is 7.60. The van der Waals surface area contributed by atoms with Gasteiger partial charge in [-0.25, -0.2) is 0 Å². The van der Waals surface area contributed by atoms with Crippen molar-refractivity contribution in [2.75, 3.05) is 0 Å². The van der Waals surface area contributed by atoms with Gasteiger partial charge in [0.1, 0.15) is 0 Å². The molecule has 0 aliphatic carbocycles. The van der Waals surface area contributed by atoms with E-state index in [1.807, 2.05) is 0 Å². The fourth-order valence-electron chi connectivity index (χ4n) is 0.462. The molecule has 1 N–H and O–H groups in total. The monoisotopic (exact) mass is 236 g/mol. The predicted octanol–water partition coefficient (Wildman–Crippen LogP) is 0.861. The van der Waals surface area contributed by atoms with E-state index in [2.05, 4.69) is 0 Å². The Morgan fingerprint density at radius 3 is 2.25 bits per heavy atom. The van der Waals surface area contributed by atoms with Crippen LogP contribution in [-0.2, 0) is 9.53 Å². The van der Waals surface area contributed by atoms with E-state index < -0.39 is 27.3 Å². The third-order valence-corrected chi connectivity index (χ3v) is 2.61. The zero-order valence-corrected chi connectivity index (χ0v) is 9.48. The van der Waals surface area contributed by atoms with Gasteiger partial charge >= 0.3 is 77.5 Å². The van der Waals surface area contributed by atoms with E-state index >= 15 is 0 Å². The number of hydrogen-bond acceptors (Lipinski definition) is 3. The first-order valence-electron chi connectivity index (χ1n) is 3.50. The van der Waals surface area contributed by atoms with Crippen LogP contribution in [0.4, 0.5) is 4.79 Å². The summed E-state index contributed by atoms with van der Waals surface area (Å²) in [6.45, 7) is 5.29. The summed E-state index contributed by atoms with van der Waals surface area (Å²) in [6, 6.07) is 0. The molecule has 70 valence electrons. The van der Waals surface area contributed by atoms with E-state index in [4.69, 9.17) is 9.84 Å². The number of carbonyl (C=O) groups excluding carboxylic acids is 1. The van der Waals surface area contributed by atoms with Gasteiger partial charge in [-0.05, 0) is 0 Å². The SMILES string of the molecule is CC(C)(C)OC(=O)[AsH]CC(=O)O. The summed E-state index contributed by atoms with van der Waals surface area (Å²) in [6.07, 6.45) is 0. The van der Waals surface area contributed by atoms with E-state index in [1.165, 1.54) is 0 Å². The molecule has 0 aliphatic rings. The molecule has 0 spiro atoms. The Morgan fingerprint density at radius 2 is 1.92 bits per heavy atom. The Hall–Kier alpha value is -0.502. The third-order valence-electron chi connectivity index (χ3n) is 0.783. The van der Waals surface area contributed by atoms with Crippen molar-refractivity contribution in [2.24, 2.45) is 0 Å². The molecule has 0 saturated heterocycles. The molecule has 0 heterocycles. The normalized spacial score (nSPS) is 11.9. The summed E-state index contributed by atoms with van der Waals surface area (Å²) in [5.74, 6) is -0.930. The zero-order chi connectivity index (χ0) is 9.78. The summed E-state index contributed by atoms with van der Waals surface area (Å²) in [5.41, 5.74) is -0.501. The molecule has 4 nitrogen and oxygen atoms in total. The van der Waals surface area contributed by atoms with Gasteiger partial charge in [0, 0.05) is 0 Å². The summed E-state index contributed by atoms with van der Waals surface area (Å²) in [7, 11) is 0. The van der Waals surface area contributed by atoms with E-state index in [-0.39, 0.29) is 9.97 Å². The number of carbonyl (C=O) groups is 2. The molecule has 12 heavy (non-hydrogen) atoms. The van der Waals surface area contributed by atoms with E-state index in [0.29, 0.717) is 0 Å². The second kappa shape index (κ2) is 4.51. The average molecular weight is 236 g/mol. The van der Waals surface area contributed by atoms with Gasteiger partial charge in [0.15, 0.2) is 0 Å². The minimum atomic E-state index is -1.13. The van der Waals surface area contributed by atoms with E-state index in [9.17, 15) is 9.59 Å². The van der Waals surface area contributed by atoms with Crippen LogP contribution in [0.2, 0.25) is 5.21 Å². The quantitative estimate of drug-likeness (QED) is 0.738. The average Bonchev–Trinajstić information content (AvgIpc) is 1.79. The number of rotatable bonds is 3. The second-order valence-electron chi connectivity index (χ2n) is 3.25. The molecule has 0 radical (unpaired) electrons. The summed E-state index contributed by atoms with van der Waals surface area (Å²) >= 11 is -1.13. The van der Waals surface area contributed by atoms with Crippen LogP contribution in [-0.4, -0.2) is 37.2 Å². The Kier molecular flexibility index (Phi) is 4.32. The van der Waals surface area contributed by atoms with Crippen molar-refractivity contribution >= 4 is 26.5 Å². The Morgan fingerprint density at radius 1 is 1.42 bits per heavy atom. The fraction of sp³-hybridized carbons (Fsp3) is 0.714. The number of ether oxygens (including phenoxy) is 1. The van der Waals surface area contributed by atoms with Crippen molar-refractivity contribution in [3.05, 3.63) is 0 Å². The molecule has 0 rings (SSSR count). The fourth-order valence-corrected chi connectivity index (χ4v) is 1.88. The van der Waals surface area contributed by atoms with Crippen LogP contribution in [0.5, 0.6) is 0 Å². The van der Waals surface area contributed by atoms with E-state index in [1.54, 1.807) is 20.8 Å². The Bertz CT molecular complexity index is 182. The molecule has 1 atom stereocenters. The number of carboxylic acid groups (broad SMARTS) is 1. The summed E-state index contributed by atoms with van der Waals surface area (Å²) in [4.78, 5) is 21.0. The van der Waals surface area contributed by atoms with E-state index in [0.717, 1.165) is 0 Å². The standard InChI is InChI=1S/C7H13AsO4/c1-7(2,3)12-6(11)8-4-5(9)10/h8H,4H2,1-3H3,(H,9,10). The van der Waals surface area contributed by atoms with Crippen molar-refractivity contribution in [3.63, 3.8) is 0 Å². The first kappa shape index (κ1) is 11.5. The summed E-state index contributed by atoms with van der Waals surface area (Å²) < 4.78 is 4.60. The Labute approximate surface area is 78.0 Å². The van der Waals surface area contributed by atoms with Gasteiger partial charge < -0.3 is 0 Å². The van der Waals surface area contributed by atoms with Crippen molar-refractivity contribution in [1.82, 2.24) is 0 Å². The molecule has 0 saturated carbocycles. The van der Waals surface area contributed by atoms with Gasteiger partial charge in [-0.2, -0.15) is 0 Å². The maximum atomic E-state index is 10.9. The van der Waals surface area contributed by atoms with Crippen LogP contribution in [0.15, 0.2) is 0 Å². The molecule has 0 aromatic heterocycles. The molecule has 0 aliphatic heterocycles. The van der Waals surface area contributed by atoms with Gasteiger partial charge in [-0.3, -0.25) is 0 Å². The molecule has 0 aromatic carbocycles. The molecular formula is C7H13AsO4. The molecule has 0 bridgehead atoms. The van der Waals surface area contributed by atoms with Crippen LogP contribution in [0, 0.1) is 0 Å². The van der Waals surface area contributed by atoms with Crippen LogP contribution in [0.1, 0.15) is 20.8 Å². The van der Waals surface area contributed by atoms with Crippen molar-refractivity contribution < 1.29 is 19.4 Å². The molecule has 0 amide bonds. The van der Waals surface area contributed by atoms with Crippen molar-refractivity contribution in [2.45, 2.75) is 31.6 Å². The van der Waals surface area contributed by atoms with Gasteiger partial charge in [0.05, 0.1) is 0 Å². The van der Waals surface area contributed by atoms with Gasteiger partial charge in [0.25, 0.3) is 0 Å². The van der Waals surface area contributed by atoms with Crippen LogP contribution in [0.25, 0.3) is 0 Å². The predicted molar refractivity (Wildman–Crippen MR) is 45.8 cm³/mol. The number of aliphatic carboxylic acids is 1. The second-order valence-corrected chi connectivity index (χ2v) is 5.59. The summed E-state index contributed by atoms with van der Waals surface area (Å²) in [5, 5.41) is 8.24. The van der Waals surface area contributed by atoms with Crippen LogP contribution < -0.4 is 0 Å². The van der Waals surface area contributed by atoms with Gasteiger partial charge in [0.2, 0.25) is 0 Å². The van der Waals surface area contributed by atoms with Gasteiger partial charge in [-0.15, -0.1) is 0 Å². The van der Waals surface area contributed by atoms with Crippen molar-refractivity contribution in [1.29, 1.82) is 0 Å². The zero-order valence-electron chi connectivity index (χ0n) is 7.38. The van der Waals surface area contributed by atoms with Crippen molar-refractivity contribution in [3.8, 4) is 0 Å². The molecule has 5 heteroatoms. The molecular weight excluding hydrogens is 223 g/mol. The number of hydrogen-bond donors (Lipinski definition) is 1. The molecule has 0 fully saturated rings. The van der Waals surface area contributed by atoms with Crippen LogP contribution >= 0.6 is 0 Å². The number of carboxylic acids is 1. The van der Waals surface area contributed by atoms with Crippen LogP contribution in [0.3, 0.4) is 0 Å². The van der Waals surface area contributed by atoms with Gasteiger partial charge in [-0.1, -0.05) is 0 Å². The molecule has 1 unspecified atom stereocenters. The maximum absolute atomic E-state index is 10.9. The first-order chi connectivity index (χ1) is 5.31. The first-order valence-corrected chi connectivity index (χ1v) is 6.03. The topological polar surface area (TPSA) is 63.6 Å². The molecule has 0 aromatic rings.